The minimum Gasteiger partial charge on any atom is -0.492 e. The topological polar surface area (TPSA) is 21.3 Å². The molecule has 2 rings (SSSR count). The Morgan fingerprint density at radius 2 is 2.29 bits per heavy atom. The highest BCUT2D eigenvalue weighted by Crippen LogP contribution is 2.23. The largest absolute Gasteiger partial charge is 0.492 e. The standard InChI is InChI=1S/C15H19NO/c1-3-4-9-17-15-8-5-12(2)10-13(15)11-16-14-6-7-14/h1,5,8,10,14,16H,4,6-7,9,11H2,2H3. The predicted octanol–water partition coefficient (Wildman–Crippen LogP) is 2.65. The maximum Gasteiger partial charge on any atom is 0.123 e. The zero-order valence-electron chi connectivity index (χ0n) is 10.3. The smallest absolute Gasteiger partial charge is 0.123 e. The van der Waals surface area contributed by atoms with Gasteiger partial charge in [0.05, 0.1) is 6.61 Å². The second-order valence-corrected chi connectivity index (χ2v) is 4.57. The van der Waals surface area contributed by atoms with Gasteiger partial charge in [-0.1, -0.05) is 17.7 Å². The fourth-order valence-corrected chi connectivity index (χ4v) is 1.75. The van der Waals surface area contributed by atoms with E-state index in [1.54, 1.807) is 0 Å². The van der Waals surface area contributed by atoms with E-state index in [1.807, 2.05) is 6.07 Å². The minimum atomic E-state index is 0.593. The lowest BCUT2D eigenvalue weighted by Crippen LogP contribution is -2.16. The lowest BCUT2D eigenvalue weighted by Gasteiger charge is -2.12. The Kier molecular flexibility index (Phi) is 4.06. The highest BCUT2D eigenvalue weighted by Gasteiger charge is 2.20. The highest BCUT2D eigenvalue weighted by molar-refractivity contribution is 5.37. The van der Waals surface area contributed by atoms with Crippen molar-refractivity contribution >= 4 is 0 Å². The second-order valence-electron chi connectivity index (χ2n) is 4.57. The van der Waals surface area contributed by atoms with Crippen LogP contribution in [0.15, 0.2) is 18.2 Å². The van der Waals surface area contributed by atoms with Gasteiger partial charge in [-0.2, -0.15) is 0 Å². The molecule has 90 valence electrons. The number of aryl methyl sites for hydroxylation is 1. The van der Waals surface area contributed by atoms with Crippen LogP contribution in [0.25, 0.3) is 0 Å². The molecule has 0 amide bonds. The van der Waals surface area contributed by atoms with Crippen molar-refractivity contribution in [3.05, 3.63) is 29.3 Å². The number of benzene rings is 1. The first-order valence-electron chi connectivity index (χ1n) is 6.19. The molecule has 1 fully saturated rings. The first-order chi connectivity index (χ1) is 8.29. The van der Waals surface area contributed by atoms with Gasteiger partial charge in [-0.3, -0.25) is 0 Å². The van der Waals surface area contributed by atoms with E-state index < -0.39 is 0 Å². The van der Waals surface area contributed by atoms with Crippen LogP contribution >= 0.6 is 0 Å². The van der Waals surface area contributed by atoms with Crippen LogP contribution in [-0.4, -0.2) is 12.6 Å². The number of hydrogen-bond acceptors (Lipinski definition) is 2. The quantitative estimate of drug-likeness (QED) is 0.598. The maximum atomic E-state index is 5.70. The van der Waals surface area contributed by atoms with Gasteiger partial charge < -0.3 is 10.1 Å². The molecule has 1 aromatic rings. The molecule has 17 heavy (non-hydrogen) atoms. The van der Waals surface area contributed by atoms with Crippen molar-refractivity contribution in [1.29, 1.82) is 0 Å². The molecule has 0 aliphatic heterocycles. The Labute approximate surface area is 103 Å². The maximum absolute atomic E-state index is 5.70. The molecule has 0 aromatic heterocycles. The van der Waals surface area contributed by atoms with Gasteiger partial charge in [0.15, 0.2) is 0 Å². The van der Waals surface area contributed by atoms with Crippen molar-refractivity contribution < 1.29 is 4.74 Å². The molecular formula is C15H19NO. The lowest BCUT2D eigenvalue weighted by molar-refractivity contribution is 0.322. The Morgan fingerprint density at radius 3 is 3.00 bits per heavy atom. The summed E-state index contributed by atoms with van der Waals surface area (Å²) in [6.45, 7) is 3.58. The molecule has 0 radical (unpaired) electrons. The van der Waals surface area contributed by atoms with Crippen LogP contribution in [-0.2, 0) is 6.54 Å². The zero-order valence-corrected chi connectivity index (χ0v) is 10.3. The Bertz CT molecular complexity index is 415. The number of terminal acetylenes is 1. The molecule has 0 bridgehead atoms. The average Bonchev–Trinajstić information content (AvgIpc) is 3.13. The van der Waals surface area contributed by atoms with Gasteiger partial charge in [0.1, 0.15) is 5.75 Å². The normalized spacial score (nSPS) is 14.4. The predicted molar refractivity (Wildman–Crippen MR) is 70.0 cm³/mol. The van der Waals surface area contributed by atoms with Crippen LogP contribution in [0.4, 0.5) is 0 Å². The summed E-state index contributed by atoms with van der Waals surface area (Å²) in [4.78, 5) is 0. The molecule has 1 saturated carbocycles. The van der Waals surface area contributed by atoms with Crippen molar-refractivity contribution in [3.8, 4) is 18.1 Å². The van der Waals surface area contributed by atoms with Crippen molar-refractivity contribution in [2.45, 2.75) is 38.8 Å². The van der Waals surface area contributed by atoms with Crippen LogP contribution in [0.3, 0.4) is 0 Å². The molecule has 0 heterocycles. The molecule has 0 spiro atoms. The van der Waals surface area contributed by atoms with E-state index in [9.17, 15) is 0 Å². The van der Waals surface area contributed by atoms with E-state index in [-0.39, 0.29) is 0 Å². The van der Waals surface area contributed by atoms with Crippen molar-refractivity contribution in [2.75, 3.05) is 6.61 Å². The summed E-state index contributed by atoms with van der Waals surface area (Å²) >= 11 is 0. The molecule has 1 aliphatic carbocycles. The van der Waals surface area contributed by atoms with E-state index in [2.05, 4.69) is 30.3 Å². The van der Waals surface area contributed by atoms with Gasteiger partial charge in [0.2, 0.25) is 0 Å². The Morgan fingerprint density at radius 1 is 1.47 bits per heavy atom. The third-order valence-corrected chi connectivity index (χ3v) is 2.88. The number of hydrogen-bond donors (Lipinski definition) is 1. The van der Waals surface area contributed by atoms with Crippen LogP contribution in [0, 0.1) is 19.3 Å². The number of nitrogens with one attached hydrogen (secondary N) is 1. The van der Waals surface area contributed by atoms with Crippen molar-refractivity contribution in [2.24, 2.45) is 0 Å². The van der Waals surface area contributed by atoms with Gasteiger partial charge in [-0.05, 0) is 25.8 Å². The molecule has 0 atom stereocenters. The molecular weight excluding hydrogens is 210 g/mol. The van der Waals surface area contributed by atoms with Crippen LogP contribution in [0.1, 0.15) is 30.4 Å². The molecule has 2 heteroatoms. The van der Waals surface area contributed by atoms with E-state index >= 15 is 0 Å². The molecule has 1 aromatic carbocycles. The monoisotopic (exact) mass is 229 g/mol. The summed E-state index contributed by atoms with van der Waals surface area (Å²) in [5, 5.41) is 3.51. The Balaban J connectivity index is 1.98. The highest BCUT2D eigenvalue weighted by atomic mass is 16.5. The third kappa shape index (κ3) is 3.80. The van der Waals surface area contributed by atoms with Crippen molar-refractivity contribution in [1.82, 2.24) is 5.32 Å². The molecule has 0 unspecified atom stereocenters. The molecule has 0 saturated heterocycles. The van der Waals surface area contributed by atoms with Crippen LogP contribution in [0.5, 0.6) is 5.75 Å². The number of rotatable bonds is 6. The number of ether oxygens (including phenoxy) is 1. The summed E-state index contributed by atoms with van der Waals surface area (Å²) in [7, 11) is 0. The fourth-order valence-electron chi connectivity index (χ4n) is 1.75. The summed E-state index contributed by atoms with van der Waals surface area (Å²) in [6.07, 6.45) is 8.48. The SMILES string of the molecule is C#CCCOc1ccc(C)cc1CNC1CC1. The summed E-state index contributed by atoms with van der Waals surface area (Å²) in [6, 6.07) is 7.01. The van der Waals surface area contributed by atoms with E-state index in [4.69, 9.17) is 11.2 Å². The molecule has 1 N–H and O–H groups in total. The molecule has 1 aliphatic rings. The Hall–Kier alpha value is -1.46. The first-order valence-corrected chi connectivity index (χ1v) is 6.19. The first kappa shape index (κ1) is 12.0. The lowest BCUT2D eigenvalue weighted by atomic mass is 10.1. The van der Waals surface area contributed by atoms with Crippen LogP contribution in [0.2, 0.25) is 0 Å². The second kappa shape index (κ2) is 5.75. The summed E-state index contributed by atoms with van der Waals surface area (Å²) < 4.78 is 5.70. The van der Waals surface area contributed by atoms with Gasteiger partial charge in [-0.15, -0.1) is 12.3 Å². The fraction of sp³-hybridized carbons (Fsp3) is 0.467. The third-order valence-electron chi connectivity index (χ3n) is 2.88. The zero-order chi connectivity index (χ0) is 12.1. The van der Waals surface area contributed by atoms with E-state index in [0.717, 1.165) is 12.3 Å². The van der Waals surface area contributed by atoms with E-state index in [1.165, 1.54) is 24.0 Å². The van der Waals surface area contributed by atoms with Gasteiger partial charge in [-0.25, -0.2) is 0 Å². The summed E-state index contributed by atoms with van der Waals surface area (Å²) in [5.41, 5.74) is 2.50. The van der Waals surface area contributed by atoms with Crippen LogP contribution < -0.4 is 10.1 Å². The summed E-state index contributed by atoms with van der Waals surface area (Å²) in [5.74, 6) is 3.55. The minimum absolute atomic E-state index is 0.593. The van der Waals surface area contributed by atoms with E-state index in [0.29, 0.717) is 19.1 Å². The average molecular weight is 229 g/mol. The van der Waals surface area contributed by atoms with Gasteiger partial charge in [0.25, 0.3) is 0 Å². The van der Waals surface area contributed by atoms with Gasteiger partial charge >= 0.3 is 0 Å². The van der Waals surface area contributed by atoms with Gasteiger partial charge in [0, 0.05) is 24.6 Å². The van der Waals surface area contributed by atoms with Crippen molar-refractivity contribution in [3.63, 3.8) is 0 Å². The molecule has 2 nitrogen and oxygen atoms in total.